The van der Waals surface area contributed by atoms with E-state index in [1.165, 1.54) is 20.8 Å². The maximum atomic E-state index is 17.5. The number of nitrogens with one attached hydrogen (secondary N) is 1. The van der Waals surface area contributed by atoms with Crippen LogP contribution in [0.2, 0.25) is 0 Å². The average Bonchev–Trinajstić information content (AvgIpc) is 3.56. The van der Waals surface area contributed by atoms with Gasteiger partial charge in [-0.2, -0.15) is 0 Å². The third-order valence-electron chi connectivity index (χ3n) is 17.5. The summed E-state index contributed by atoms with van der Waals surface area (Å²) >= 11 is 0. The summed E-state index contributed by atoms with van der Waals surface area (Å²) in [6.45, 7) is 12.8. The van der Waals surface area contributed by atoms with E-state index in [-0.39, 0.29) is 66.4 Å². The molecule has 3 aromatic rings. The molecule has 6 aliphatic rings. The van der Waals surface area contributed by atoms with Crippen molar-refractivity contribution >= 4 is 34.5 Å². The molecule has 0 radical (unpaired) electrons. The molecule has 6 heterocycles. The number of methoxy groups -OCH3 is 1. The van der Waals surface area contributed by atoms with Crippen LogP contribution in [0.4, 0.5) is 14.5 Å². The normalized spacial score (nSPS) is 44.3. The summed E-state index contributed by atoms with van der Waals surface area (Å²) in [5.74, 6) is -17.6. The number of aromatic nitrogens is 1. The van der Waals surface area contributed by atoms with Crippen molar-refractivity contribution in [2.75, 3.05) is 38.3 Å². The van der Waals surface area contributed by atoms with Gasteiger partial charge in [-0.15, -0.1) is 0 Å². The number of hydrogen-bond acceptors (Lipinski definition) is 11. The third kappa shape index (κ3) is 6.35. The fraction of sp³-hybridized carbons (Fsp3) is 0.661. The largest absolute Gasteiger partial charge is 0.493 e. The van der Waals surface area contributed by atoms with Crippen LogP contribution in [-0.4, -0.2) is 119 Å². The van der Waals surface area contributed by atoms with E-state index in [4.69, 9.17) is 23.1 Å². The SMILES string of the molecule is [2H]C([2H])([2H])C(F)(F)[C@@]1([2H])C([2H])([2H])N2C(C)c3c([nH]c4cc(C)c(C)cc34)[C@@](C(=O)OCC)(c3c(OCC)cc4c(c3C)C35[C@H](C)C(C)N6C(C)C=C[C@](CC)([C@H]63)[C@@H](OC(C)=O)[C@](O)(C(=O)OC)[C@@H]5N4CC)C[C@@]([2H])(C2([2H])C)C1([2H])[2H]. The minimum atomic E-state index is -5.58. The van der Waals surface area contributed by atoms with E-state index in [0.717, 1.165) is 19.6 Å². The van der Waals surface area contributed by atoms with Crippen molar-refractivity contribution < 1.29 is 60.9 Å². The zero-order valence-electron chi connectivity index (χ0n) is 52.9. The molecule has 5 aliphatic heterocycles. The van der Waals surface area contributed by atoms with Crippen LogP contribution in [-0.2, 0) is 39.4 Å². The van der Waals surface area contributed by atoms with Crippen LogP contribution in [0.3, 0.4) is 0 Å². The van der Waals surface area contributed by atoms with Crippen LogP contribution >= 0.6 is 0 Å². The molecule has 2 aromatic carbocycles. The van der Waals surface area contributed by atoms with E-state index >= 15 is 18.4 Å². The Morgan fingerprint density at radius 3 is 2.31 bits per heavy atom. The van der Waals surface area contributed by atoms with E-state index in [1.54, 1.807) is 39.0 Å². The second kappa shape index (κ2) is 17.0. The van der Waals surface area contributed by atoms with Crippen LogP contribution in [0, 0.1) is 43.9 Å². The molecule has 1 saturated carbocycles. The minimum absolute atomic E-state index is 0.0309. The lowest BCUT2D eigenvalue weighted by atomic mass is 9.45. The Bertz CT molecular complexity index is 3140. The number of rotatable bonds is 10. The van der Waals surface area contributed by atoms with Gasteiger partial charge in [-0.1, -0.05) is 26.0 Å². The predicted molar refractivity (Wildman–Crippen MR) is 266 cm³/mol. The summed E-state index contributed by atoms with van der Waals surface area (Å²) in [5, 5.41) is 14.3. The smallest absolute Gasteiger partial charge is 0.344 e. The number of piperidine rings is 1. The maximum Gasteiger partial charge on any atom is 0.344 e. The number of carbonyl (C=O) groups is 3. The van der Waals surface area contributed by atoms with Gasteiger partial charge in [0.1, 0.15) is 11.2 Å². The highest BCUT2D eigenvalue weighted by atomic mass is 19.3. The van der Waals surface area contributed by atoms with Crippen LogP contribution in [0.25, 0.3) is 10.9 Å². The van der Waals surface area contributed by atoms with E-state index in [0.29, 0.717) is 32.6 Å². The Kier molecular flexibility index (Phi) is 9.51. The van der Waals surface area contributed by atoms with Crippen molar-refractivity contribution in [1.29, 1.82) is 0 Å². The Morgan fingerprint density at radius 1 is 1.00 bits per heavy atom. The lowest BCUT2D eigenvalue weighted by Gasteiger charge is -2.65. The number of aromatic amines is 1. The number of alkyl halides is 2. The molecule has 15 atom stereocenters. The van der Waals surface area contributed by atoms with Crippen molar-refractivity contribution in [3.8, 4) is 5.75 Å². The molecule has 14 heteroatoms. The molecule has 3 fully saturated rings. The van der Waals surface area contributed by atoms with E-state index < -0.39 is 120 Å². The highest BCUT2D eigenvalue weighted by molar-refractivity contribution is 5.96. The summed E-state index contributed by atoms with van der Waals surface area (Å²) in [7, 11) is 1.13. The first-order chi connectivity index (χ1) is 36.8. The molecular formula is C56H76F2N4O8. The molecule has 2 bridgehead atoms. The Hall–Kier alpha value is -4.53. The van der Waals surface area contributed by atoms with Gasteiger partial charge in [0.25, 0.3) is 0 Å². The molecule has 6 unspecified atom stereocenters. The first kappa shape index (κ1) is 39.1. The summed E-state index contributed by atoms with van der Waals surface area (Å²) in [6.07, 6.45) is -3.20. The Labute approximate surface area is 426 Å². The minimum Gasteiger partial charge on any atom is -0.493 e. The van der Waals surface area contributed by atoms with Crippen LogP contribution in [0.1, 0.15) is 154 Å². The number of anilines is 1. The molecule has 1 aromatic heterocycles. The first-order valence-electron chi connectivity index (χ1n) is 29.8. The third-order valence-corrected chi connectivity index (χ3v) is 17.5. The molecule has 2 saturated heterocycles. The van der Waals surface area contributed by atoms with Crippen molar-refractivity contribution in [2.24, 2.45) is 23.1 Å². The van der Waals surface area contributed by atoms with Gasteiger partial charge in [-0.3, -0.25) is 19.4 Å². The van der Waals surface area contributed by atoms with Gasteiger partial charge < -0.3 is 33.9 Å². The lowest BCUT2D eigenvalue weighted by molar-refractivity contribution is -0.231. The van der Waals surface area contributed by atoms with E-state index in [2.05, 4.69) is 9.88 Å². The molecule has 1 spiro atoms. The number of nitrogens with zero attached hydrogens (tertiary/aromatic N) is 3. The first-order valence-corrected chi connectivity index (χ1v) is 24.8. The second-order valence-corrected chi connectivity index (χ2v) is 20.6. The number of ether oxygens (including phenoxy) is 4. The molecule has 1 aliphatic carbocycles. The molecule has 0 amide bonds. The highest BCUT2D eigenvalue weighted by Crippen LogP contribution is 2.72. The fourth-order valence-electron chi connectivity index (χ4n) is 14.7. The Morgan fingerprint density at radius 2 is 1.70 bits per heavy atom. The molecule has 12 nitrogen and oxygen atoms in total. The second-order valence-electron chi connectivity index (χ2n) is 20.6. The number of aryl methyl sites for hydroxylation is 2. The molecule has 2 N–H and O–H groups in total. The quantitative estimate of drug-likeness (QED) is 0.115. The van der Waals surface area contributed by atoms with Crippen LogP contribution in [0.15, 0.2) is 30.4 Å². The zero-order chi connectivity index (χ0) is 60.0. The predicted octanol–water partition coefficient (Wildman–Crippen LogP) is 9.15. The number of benzene rings is 2. The Balaban J connectivity index is 1.56. The van der Waals surface area contributed by atoms with Gasteiger partial charge in [0.2, 0.25) is 11.5 Å². The number of fused-ring (bicyclic) bond motifs is 6. The fourth-order valence-corrected chi connectivity index (χ4v) is 14.7. The van der Waals surface area contributed by atoms with Crippen molar-refractivity contribution in [1.82, 2.24) is 14.8 Å². The van der Waals surface area contributed by atoms with E-state index in [1.807, 2.05) is 58.6 Å². The highest BCUT2D eigenvalue weighted by Gasteiger charge is 2.83. The monoisotopic (exact) mass is 981 g/mol. The van der Waals surface area contributed by atoms with Gasteiger partial charge in [0, 0.05) is 114 Å². The van der Waals surface area contributed by atoms with Gasteiger partial charge in [-0.25, -0.2) is 13.6 Å². The molecular weight excluding hydrogens is 895 g/mol. The van der Waals surface area contributed by atoms with E-state index in [9.17, 15) is 19.5 Å². The van der Waals surface area contributed by atoms with Gasteiger partial charge in [-0.05, 0) is 147 Å². The maximum absolute atomic E-state index is 17.5. The summed E-state index contributed by atoms with van der Waals surface area (Å²) in [6, 6.07) is -2.35. The van der Waals surface area contributed by atoms with Crippen molar-refractivity contribution in [3.05, 3.63) is 69.4 Å². The van der Waals surface area contributed by atoms with Gasteiger partial charge in [0.15, 0.2) is 6.10 Å². The van der Waals surface area contributed by atoms with Crippen LogP contribution < -0.4 is 9.64 Å². The zero-order valence-corrected chi connectivity index (χ0v) is 42.9. The summed E-state index contributed by atoms with van der Waals surface area (Å²) in [4.78, 5) is 53.3. The lowest BCUT2D eigenvalue weighted by Crippen LogP contribution is -2.82. The number of carbonyl (C=O) groups excluding carboxylic acids is 3. The van der Waals surface area contributed by atoms with Gasteiger partial charge in [0.05, 0.1) is 26.4 Å². The molecule has 70 heavy (non-hydrogen) atoms. The average molecular weight is 981 g/mol. The topological polar surface area (TPSA) is 134 Å². The van der Waals surface area contributed by atoms with Crippen LogP contribution in [0.5, 0.6) is 5.75 Å². The van der Waals surface area contributed by atoms with Crippen molar-refractivity contribution in [2.45, 2.75) is 181 Å². The number of esters is 3. The number of halogens is 2. The molecule has 382 valence electrons. The summed E-state index contributed by atoms with van der Waals surface area (Å²) < 4.78 is 154. The van der Waals surface area contributed by atoms with Gasteiger partial charge >= 0.3 is 17.9 Å². The number of H-pyrrole nitrogens is 1. The summed E-state index contributed by atoms with van der Waals surface area (Å²) in [5.41, 5.74) is -5.41. The van der Waals surface area contributed by atoms with Crippen molar-refractivity contribution in [3.63, 3.8) is 0 Å². The number of hydrogen-bond donors (Lipinski definition) is 2. The molecule has 9 rings (SSSR count). The number of aliphatic hydroxyl groups is 1. The standard InChI is InChI=1S/C56H76F2N4O8/c1-16-53-21-20-30(7)62-33(10)32(9)55(47(53)62)44-31(8)45(42(68-18-3)25-41(44)60(17-2)48(55)56(66,51(65)67-15)49(53)70-36(13)63)54(50(64)69-19-4)26-37-24-38(52(14,57)58)27-61(34(37)11)35(12)43-39-22-28(5)29(6)23-40(39)59-46(43)54/h20-23,25,30,32-35,37-38,47-49,59,66H,16-19,24,26-27H2,1-15H3/t30?,32-,33?,34?,35?,37+,38-,47+,48-,49-,53-,54+,55?,56+/m1/s1/i14D3,24D2,27D2,34D,37D,38D. The number of likely N-dealkylation sites (N-methyl/N-ethyl adjacent to an activating group) is 1.